The zero-order chi connectivity index (χ0) is 20.4. The molecule has 1 aliphatic rings. The van der Waals surface area contributed by atoms with Gasteiger partial charge in [0.05, 0.1) is 11.9 Å². The molecule has 2 aromatic rings. The summed E-state index contributed by atoms with van der Waals surface area (Å²) in [5.74, 6) is -1.43. The predicted octanol–water partition coefficient (Wildman–Crippen LogP) is 2.77. The van der Waals surface area contributed by atoms with Crippen LogP contribution in [0, 0.1) is 33.6 Å². The van der Waals surface area contributed by atoms with Crippen molar-refractivity contribution in [2.24, 2.45) is 5.92 Å². The third-order valence-electron chi connectivity index (χ3n) is 5.28. The summed E-state index contributed by atoms with van der Waals surface area (Å²) >= 11 is 0. The number of nitrogens with one attached hydrogen (secondary N) is 1. The van der Waals surface area contributed by atoms with Gasteiger partial charge in [0.25, 0.3) is 5.91 Å². The van der Waals surface area contributed by atoms with Gasteiger partial charge in [0.1, 0.15) is 17.4 Å². The first kappa shape index (κ1) is 19.9. The molecule has 6 nitrogen and oxygen atoms in total. The number of rotatable bonds is 5. The van der Waals surface area contributed by atoms with E-state index in [2.05, 4.69) is 15.3 Å². The van der Waals surface area contributed by atoms with Gasteiger partial charge in [-0.3, -0.25) is 19.4 Å². The van der Waals surface area contributed by atoms with Crippen LogP contribution in [0.4, 0.5) is 0 Å². The van der Waals surface area contributed by atoms with E-state index in [0.717, 1.165) is 27.9 Å². The summed E-state index contributed by atoms with van der Waals surface area (Å²) in [7, 11) is 0. The van der Waals surface area contributed by atoms with Crippen molar-refractivity contribution in [1.29, 1.82) is 0 Å². The number of nitrogens with zero attached hydrogens (tertiary/aromatic N) is 2. The molecule has 2 atom stereocenters. The zero-order valence-corrected chi connectivity index (χ0v) is 16.7. The SMILES string of the molecule is Cc1cc(C)c(C2C(=O)CC(CCNC(=O)c3cnc(C)cn3)C2=O)c(C)c1. The minimum Gasteiger partial charge on any atom is -0.351 e. The fourth-order valence-electron chi connectivity index (χ4n) is 4.01. The number of aromatic nitrogens is 2. The van der Waals surface area contributed by atoms with E-state index in [-0.39, 0.29) is 35.5 Å². The summed E-state index contributed by atoms with van der Waals surface area (Å²) in [5, 5.41) is 2.76. The van der Waals surface area contributed by atoms with Crippen molar-refractivity contribution < 1.29 is 14.4 Å². The van der Waals surface area contributed by atoms with E-state index in [9.17, 15) is 14.4 Å². The second-order valence-corrected chi connectivity index (χ2v) is 7.60. The average molecular weight is 379 g/mol. The number of amides is 1. The number of hydrogen-bond acceptors (Lipinski definition) is 5. The molecule has 1 N–H and O–H groups in total. The normalized spacial score (nSPS) is 19.1. The van der Waals surface area contributed by atoms with Gasteiger partial charge >= 0.3 is 0 Å². The van der Waals surface area contributed by atoms with E-state index in [1.54, 1.807) is 6.92 Å². The first-order valence-electron chi connectivity index (χ1n) is 9.49. The highest BCUT2D eigenvalue weighted by Gasteiger charge is 2.42. The molecule has 0 aliphatic heterocycles. The third-order valence-corrected chi connectivity index (χ3v) is 5.28. The van der Waals surface area contributed by atoms with Gasteiger partial charge in [-0.15, -0.1) is 0 Å². The molecule has 1 amide bonds. The lowest BCUT2D eigenvalue weighted by Gasteiger charge is -2.16. The van der Waals surface area contributed by atoms with Gasteiger partial charge in [-0.05, 0) is 50.8 Å². The van der Waals surface area contributed by atoms with Crippen LogP contribution in [0.25, 0.3) is 0 Å². The number of ketones is 2. The molecule has 1 aromatic carbocycles. The van der Waals surface area contributed by atoms with Crippen LogP contribution in [0.2, 0.25) is 0 Å². The van der Waals surface area contributed by atoms with E-state index in [4.69, 9.17) is 0 Å². The van der Waals surface area contributed by atoms with Crippen molar-refractivity contribution in [2.75, 3.05) is 6.54 Å². The van der Waals surface area contributed by atoms with E-state index < -0.39 is 5.92 Å². The Morgan fingerprint density at radius 2 is 1.75 bits per heavy atom. The van der Waals surface area contributed by atoms with Crippen molar-refractivity contribution in [3.05, 3.63) is 58.2 Å². The van der Waals surface area contributed by atoms with Gasteiger partial charge in [0, 0.05) is 25.1 Å². The second-order valence-electron chi connectivity index (χ2n) is 7.60. The molecule has 146 valence electrons. The van der Waals surface area contributed by atoms with Gasteiger partial charge in [0.15, 0.2) is 5.78 Å². The monoisotopic (exact) mass is 379 g/mol. The number of benzene rings is 1. The molecule has 1 heterocycles. The Balaban J connectivity index is 1.64. The zero-order valence-electron chi connectivity index (χ0n) is 16.7. The number of aryl methyl sites for hydroxylation is 4. The largest absolute Gasteiger partial charge is 0.351 e. The number of carbonyl (C=O) groups excluding carboxylic acids is 3. The first-order valence-corrected chi connectivity index (χ1v) is 9.49. The maximum Gasteiger partial charge on any atom is 0.271 e. The minimum atomic E-state index is -0.677. The van der Waals surface area contributed by atoms with Crippen molar-refractivity contribution in [3.63, 3.8) is 0 Å². The van der Waals surface area contributed by atoms with Crippen LogP contribution in [-0.2, 0) is 9.59 Å². The predicted molar refractivity (Wildman–Crippen MR) is 105 cm³/mol. The van der Waals surface area contributed by atoms with Crippen LogP contribution in [0.15, 0.2) is 24.5 Å². The van der Waals surface area contributed by atoms with Gasteiger partial charge in [-0.2, -0.15) is 0 Å². The van der Waals surface area contributed by atoms with Crippen LogP contribution >= 0.6 is 0 Å². The molecule has 1 saturated carbocycles. The molecule has 0 bridgehead atoms. The van der Waals surface area contributed by atoms with E-state index in [0.29, 0.717) is 13.0 Å². The standard InChI is InChI=1S/C22H25N3O3/c1-12-7-13(2)19(14(3)8-12)20-18(26)9-16(21(20)27)5-6-23-22(28)17-11-24-15(4)10-25-17/h7-8,10-11,16,20H,5-6,9H2,1-4H3,(H,23,28). The lowest BCUT2D eigenvalue weighted by Crippen LogP contribution is -2.28. The summed E-state index contributed by atoms with van der Waals surface area (Å²) in [4.78, 5) is 45.7. The van der Waals surface area contributed by atoms with E-state index in [1.807, 2.05) is 32.9 Å². The molecule has 1 fully saturated rings. The highest BCUT2D eigenvalue weighted by molar-refractivity contribution is 6.15. The van der Waals surface area contributed by atoms with Gasteiger partial charge in [0.2, 0.25) is 0 Å². The van der Waals surface area contributed by atoms with E-state index >= 15 is 0 Å². The van der Waals surface area contributed by atoms with Gasteiger partial charge in [-0.1, -0.05) is 17.7 Å². The molecular formula is C22H25N3O3. The van der Waals surface area contributed by atoms with Crippen molar-refractivity contribution in [2.45, 2.75) is 46.5 Å². The highest BCUT2D eigenvalue weighted by atomic mass is 16.2. The Morgan fingerprint density at radius 3 is 2.36 bits per heavy atom. The minimum absolute atomic E-state index is 0.0271. The van der Waals surface area contributed by atoms with Crippen LogP contribution in [0.5, 0.6) is 0 Å². The fourth-order valence-corrected chi connectivity index (χ4v) is 4.01. The number of carbonyl (C=O) groups is 3. The summed E-state index contributed by atoms with van der Waals surface area (Å²) in [6.45, 7) is 8.02. The molecule has 0 spiro atoms. The second kappa shape index (κ2) is 8.00. The fraction of sp³-hybridized carbons (Fsp3) is 0.409. The third kappa shape index (κ3) is 4.01. The molecule has 0 radical (unpaired) electrons. The van der Waals surface area contributed by atoms with Crippen LogP contribution in [-0.4, -0.2) is 34.0 Å². The molecule has 6 heteroatoms. The quantitative estimate of drug-likeness (QED) is 0.807. The number of Topliss-reactive ketones (excluding diaryl/α,β-unsaturated/α-hetero) is 2. The summed E-state index contributed by atoms with van der Waals surface area (Å²) in [6, 6.07) is 4.03. The highest BCUT2D eigenvalue weighted by Crippen LogP contribution is 2.37. The van der Waals surface area contributed by atoms with Crippen LogP contribution in [0.1, 0.15) is 57.2 Å². The van der Waals surface area contributed by atoms with Gasteiger partial charge < -0.3 is 5.32 Å². The van der Waals surface area contributed by atoms with E-state index in [1.165, 1.54) is 12.4 Å². The lowest BCUT2D eigenvalue weighted by atomic mass is 9.86. The number of hydrogen-bond donors (Lipinski definition) is 1. The van der Waals surface area contributed by atoms with Crippen molar-refractivity contribution in [1.82, 2.24) is 15.3 Å². The average Bonchev–Trinajstić information content (AvgIpc) is 2.89. The van der Waals surface area contributed by atoms with Crippen molar-refractivity contribution >= 4 is 17.5 Å². The maximum atomic E-state index is 12.9. The lowest BCUT2D eigenvalue weighted by molar-refractivity contribution is -0.124. The Bertz CT molecular complexity index is 912. The topological polar surface area (TPSA) is 89.0 Å². The molecule has 3 rings (SSSR count). The van der Waals surface area contributed by atoms with Gasteiger partial charge in [-0.25, -0.2) is 4.98 Å². The van der Waals surface area contributed by atoms with Crippen LogP contribution < -0.4 is 5.32 Å². The molecule has 1 aliphatic carbocycles. The Hall–Kier alpha value is -2.89. The molecule has 1 aromatic heterocycles. The molecular weight excluding hydrogens is 354 g/mol. The molecule has 2 unspecified atom stereocenters. The maximum absolute atomic E-state index is 12.9. The van der Waals surface area contributed by atoms with Crippen molar-refractivity contribution in [3.8, 4) is 0 Å². The Morgan fingerprint density at radius 1 is 1.07 bits per heavy atom. The molecule has 28 heavy (non-hydrogen) atoms. The summed E-state index contributed by atoms with van der Waals surface area (Å²) in [5.41, 5.74) is 4.91. The van der Waals surface area contributed by atoms with Crippen LogP contribution in [0.3, 0.4) is 0 Å². The smallest absolute Gasteiger partial charge is 0.271 e. The summed E-state index contributed by atoms with van der Waals surface area (Å²) < 4.78 is 0. The molecule has 0 saturated heterocycles. The summed E-state index contributed by atoms with van der Waals surface area (Å²) in [6.07, 6.45) is 3.63. The Labute approximate surface area is 164 Å². The Kier molecular flexibility index (Phi) is 5.68. The first-order chi connectivity index (χ1) is 13.3.